The molecule has 124 valence electrons. The molecule has 0 bridgehead atoms. The molecule has 1 heterocycles. The summed E-state index contributed by atoms with van der Waals surface area (Å²) in [5.41, 5.74) is 2.06. The van der Waals surface area contributed by atoms with Crippen LogP contribution in [0.15, 0.2) is 18.3 Å². The van der Waals surface area contributed by atoms with Crippen molar-refractivity contribution < 1.29 is 9.84 Å². The van der Waals surface area contributed by atoms with Crippen LogP contribution >= 0.6 is 11.6 Å². The van der Waals surface area contributed by atoms with Gasteiger partial charge in [-0.15, -0.1) is 0 Å². The first-order valence-corrected chi connectivity index (χ1v) is 11.8. The molecule has 0 saturated carbocycles. The van der Waals surface area contributed by atoms with Crippen molar-refractivity contribution in [3.05, 3.63) is 34.5 Å². The van der Waals surface area contributed by atoms with Crippen LogP contribution in [0.2, 0.25) is 30.7 Å². The van der Waals surface area contributed by atoms with E-state index in [1.54, 1.807) is 25.3 Å². The first-order valence-electron chi connectivity index (χ1n) is 7.71. The van der Waals surface area contributed by atoms with Crippen molar-refractivity contribution in [2.45, 2.75) is 45.4 Å². The second-order valence-electron chi connectivity index (χ2n) is 7.04. The van der Waals surface area contributed by atoms with Crippen LogP contribution in [-0.2, 0) is 11.5 Å². The van der Waals surface area contributed by atoms with Gasteiger partial charge in [0, 0.05) is 36.8 Å². The number of ether oxygens (including phenoxy) is 1. The fraction of sp³-hybridized carbons (Fsp3) is 0.471. The molecule has 0 aliphatic rings. The smallest absolute Gasteiger partial charge is 0.122 e. The lowest BCUT2D eigenvalue weighted by Crippen LogP contribution is -2.22. The highest BCUT2D eigenvalue weighted by Crippen LogP contribution is 2.32. The van der Waals surface area contributed by atoms with E-state index >= 15 is 0 Å². The lowest BCUT2D eigenvalue weighted by molar-refractivity contribution is 0.0898. The van der Waals surface area contributed by atoms with Crippen molar-refractivity contribution in [2.75, 3.05) is 6.61 Å². The Kier molecular flexibility index (Phi) is 5.53. The van der Waals surface area contributed by atoms with Gasteiger partial charge in [-0.05, 0) is 25.1 Å². The molecule has 0 aliphatic heterocycles. The maximum Gasteiger partial charge on any atom is 0.122 e. The highest BCUT2D eigenvalue weighted by Gasteiger charge is 2.17. The Morgan fingerprint density at radius 2 is 2.09 bits per heavy atom. The van der Waals surface area contributed by atoms with E-state index in [0.717, 1.165) is 16.9 Å². The third kappa shape index (κ3) is 4.36. The Bertz CT molecular complexity index is 742. The number of nitrogens with zero attached hydrogens (tertiary/aromatic N) is 2. The summed E-state index contributed by atoms with van der Waals surface area (Å²) in [4.78, 5) is 0. The van der Waals surface area contributed by atoms with Crippen LogP contribution in [-0.4, -0.2) is 24.4 Å². The van der Waals surface area contributed by atoms with Crippen molar-refractivity contribution in [1.82, 2.24) is 4.57 Å². The van der Waals surface area contributed by atoms with E-state index in [-0.39, 0.29) is 0 Å². The molecular formula is C17H23ClN2O2Si. The van der Waals surface area contributed by atoms with Crippen LogP contribution in [0.3, 0.4) is 0 Å². The molecule has 23 heavy (non-hydrogen) atoms. The van der Waals surface area contributed by atoms with Gasteiger partial charge in [-0.1, -0.05) is 31.2 Å². The SMILES string of the molecule is CC(O)c1cc(Cl)cc2c(C#N)cn(COCC[Si](C)(C)C)c12. The second-order valence-corrected chi connectivity index (χ2v) is 13.1. The molecule has 1 unspecified atom stereocenters. The van der Waals surface area contributed by atoms with Gasteiger partial charge in [-0.2, -0.15) is 5.26 Å². The Balaban J connectivity index is 2.34. The van der Waals surface area contributed by atoms with Gasteiger partial charge in [0.1, 0.15) is 12.8 Å². The topological polar surface area (TPSA) is 58.2 Å². The summed E-state index contributed by atoms with van der Waals surface area (Å²) in [7, 11) is -1.13. The summed E-state index contributed by atoms with van der Waals surface area (Å²) in [6, 6.07) is 6.79. The average Bonchev–Trinajstić information content (AvgIpc) is 2.79. The number of nitriles is 1. The Labute approximate surface area is 143 Å². The summed E-state index contributed by atoms with van der Waals surface area (Å²) >= 11 is 6.13. The second kappa shape index (κ2) is 7.06. The molecule has 0 amide bonds. The summed E-state index contributed by atoms with van der Waals surface area (Å²) in [5.74, 6) is 0. The molecule has 4 nitrogen and oxygen atoms in total. The first kappa shape index (κ1) is 18.0. The predicted molar refractivity (Wildman–Crippen MR) is 96.4 cm³/mol. The van der Waals surface area contributed by atoms with Gasteiger partial charge in [-0.25, -0.2) is 0 Å². The third-order valence-corrected chi connectivity index (χ3v) is 5.69. The molecule has 1 atom stereocenters. The lowest BCUT2D eigenvalue weighted by atomic mass is 10.1. The van der Waals surface area contributed by atoms with Crippen molar-refractivity contribution >= 4 is 30.6 Å². The Morgan fingerprint density at radius 1 is 1.39 bits per heavy atom. The van der Waals surface area contributed by atoms with Crippen molar-refractivity contribution in [3.8, 4) is 6.07 Å². The first-order chi connectivity index (χ1) is 10.7. The molecule has 0 aliphatic carbocycles. The normalized spacial score (nSPS) is 13.3. The molecule has 1 aromatic heterocycles. The predicted octanol–water partition coefficient (Wildman–Crippen LogP) is 4.53. The minimum Gasteiger partial charge on any atom is -0.389 e. The number of aliphatic hydroxyl groups is 1. The van der Waals surface area contributed by atoms with E-state index in [9.17, 15) is 10.4 Å². The van der Waals surface area contributed by atoms with Gasteiger partial charge in [0.25, 0.3) is 0 Å². The molecular weight excluding hydrogens is 328 g/mol. The number of hydrogen-bond donors (Lipinski definition) is 1. The monoisotopic (exact) mass is 350 g/mol. The van der Waals surface area contributed by atoms with Crippen LogP contribution in [0.1, 0.15) is 24.2 Å². The quantitative estimate of drug-likeness (QED) is 0.615. The van der Waals surface area contributed by atoms with Crippen LogP contribution in [0.5, 0.6) is 0 Å². The summed E-state index contributed by atoms with van der Waals surface area (Å²) in [5, 5.41) is 20.7. The maximum absolute atomic E-state index is 10.0. The highest BCUT2D eigenvalue weighted by molar-refractivity contribution is 6.76. The number of aliphatic hydroxyl groups excluding tert-OH is 1. The van der Waals surface area contributed by atoms with Crippen LogP contribution < -0.4 is 0 Å². The number of aromatic nitrogens is 1. The highest BCUT2D eigenvalue weighted by atomic mass is 35.5. The van der Waals surface area contributed by atoms with Crippen molar-refractivity contribution in [1.29, 1.82) is 5.26 Å². The molecule has 1 N–H and O–H groups in total. The van der Waals surface area contributed by atoms with E-state index in [0.29, 0.717) is 29.5 Å². The molecule has 1 aromatic carbocycles. The fourth-order valence-electron chi connectivity index (χ4n) is 2.49. The van der Waals surface area contributed by atoms with Crippen LogP contribution in [0, 0.1) is 11.3 Å². The van der Waals surface area contributed by atoms with Gasteiger partial charge in [0.2, 0.25) is 0 Å². The number of fused-ring (bicyclic) bond motifs is 1. The molecule has 0 saturated heterocycles. The van der Waals surface area contributed by atoms with Gasteiger partial charge in [-0.3, -0.25) is 0 Å². The Morgan fingerprint density at radius 3 is 2.65 bits per heavy atom. The number of benzene rings is 1. The molecule has 6 heteroatoms. The number of halogens is 1. The van der Waals surface area contributed by atoms with Crippen molar-refractivity contribution in [2.24, 2.45) is 0 Å². The zero-order valence-corrected chi connectivity index (χ0v) is 15.8. The maximum atomic E-state index is 10.0. The van der Waals surface area contributed by atoms with Gasteiger partial charge < -0.3 is 14.4 Å². The lowest BCUT2D eigenvalue weighted by Gasteiger charge is -2.16. The van der Waals surface area contributed by atoms with Gasteiger partial charge in [0.05, 0.1) is 17.2 Å². The summed E-state index contributed by atoms with van der Waals surface area (Å²) in [6.07, 6.45) is 1.10. The van der Waals surface area contributed by atoms with Gasteiger partial charge in [0.15, 0.2) is 0 Å². The largest absolute Gasteiger partial charge is 0.389 e. The molecule has 0 radical (unpaired) electrons. The summed E-state index contributed by atoms with van der Waals surface area (Å²) < 4.78 is 7.69. The van der Waals surface area contributed by atoms with Crippen molar-refractivity contribution in [3.63, 3.8) is 0 Å². The van der Waals surface area contributed by atoms with E-state index in [2.05, 4.69) is 25.7 Å². The van der Waals surface area contributed by atoms with Gasteiger partial charge >= 0.3 is 0 Å². The zero-order chi connectivity index (χ0) is 17.2. The molecule has 2 aromatic rings. The average molecular weight is 351 g/mol. The fourth-order valence-corrected chi connectivity index (χ4v) is 3.47. The number of hydrogen-bond acceptors (Lipinski definition) is 3. The third-order valence-electron chi connectivity index (χ3n) is 3.76. The summed E-state index contributed by atoms with van der Waals surface area (Å²) in [6.45, 7) is 9.69. The number of rotatable bonds is 6. The van der Waals surface area contributed by atoms with E-state index in [4.69, 9.17) is 16.3 Å². The standard InChI is InChI=1S/C17H23ClN2O2Si/c1-12(21)15-7-14(18)8-16-13(9-19)10-20(17(15)16)11-22-5-6-23(2,3)4/h7-8,10,12,21H,5-6,11H2,1-4H3. The van der Waals surface area contributed by atoms with Crippen LogP contribution in [0.4, 0.5) is 0 Å². The Hall–Kier alpha value is -1.32. The molecule has 0 fully saturated rings. The molecule has 2 rings (SSSR count). The van der Waals surface area contributed by atoms with E-state index in [1.165, 1.54) is 0 Å². The van der Waals surface area contributed by atoms with E-state index < -0.39 is 14.2 Å². The molecule has 0 spiro atoms. The van der Waals surface area contributed by atoms with E-state index in [1.807, 2.05) is 4.57 Å². The minimum absolute atomic E-state index is 0.365. The minimum atomic E-state index is -1.13. The zero-order valence-electron chi connectivity index (χ0n) is 14.1. The van der Waals surface area contributed by atoms with Crippen LogP contribution in [0.25, 0.3) is 10.9 Å².